The van der Waals surface area contributed by atoms with Gasteiger partial charge in [0.05, 0.1) is 11.7 Å². The van der Waals surface area contributed by atoms with Crippen molar-refractivity contribution in [3.05, 3.63) is 46.8 Å². The minimum Gasteiger partial charge on any atom is -0.387 e. The molecular formula is C20H21ClF3NOS. The number of rotatable bonds is 3. The largest absolute Gasteiger partial charge is 0.416 e. The summed E-state index contributed by atoms with van der Waals surface area (Å²) in [7, 11) is 0. The van der Waals surface area contributed by atoms with E-state index in [-0.39, 0.29) is 12.4 Å². The quantitative estimate of drug-likeness (QED) is 0.565. The second-order valence-electron chi connectivity index (χ2n) is 6.94. The summed E-state index contributed by atoms with van der Waals surface area (Å²) < 4.78 is 40.1. The third-order valence-electron chi connectivity index (χ3n) is 5.15. The normalized spacial score (nSPS) is 17.2. The van der Waals surface area contributed by atoms with E-state index >= 15 is 0 Å². The second kappa shape index (κ2) is 7.95. The molecule has 1 aromatic heterocycles. The van der Waals surface area contributed by atoms with Crippen LogP contribution < -0.4 is 0 Å². The number of thiophene rings is 1. The SMILES string of the molecule is Cl.OC(CN1CCCCC1)c1cc2ccc(C(F)(F)F)cc2c2ccsc12. The minimum absolute atomic E-state index is 0. The van der Waals surface area contributed by atoms with Gasteiger partial charge in [0.2, 0.25) is 0 Å². The zero-order valence-electron chi connectivity index (χ0n) is 14.6. The molecule has 2 heterocycles. The molecule has 1 atom stereocenters. The number of halogens is 4. The molecule has 1 fully saturated rings. The van der Waals surface area contributed by atoms with Gasteiger partial charge in [-0.1, -0.05) is 12.5 Å². The van der Waals surface area contributed by atoms with E-state index < -0.39 is 17.8 Å². The fraction of sp³-hybridized carbons (Fsp3) is 0.400. The van der Waals surface area contributed by atoms with Crippen LogP contribution in [0.25, 0.3) is 20.9 Å². The standard InChI is InChI=1S/C20H20F3NOS.ClH/c21-20(22,23)14-5-4-13-10-17(18(25)12-24-7-2-1-3-8-24)19-15(6-9-26-19)16(13)11-14;/h4-6,9-11,18,25H,1-3,7-8,12H2;1H. The first-order chi connectivity index (χ1) is 12.4. The number of alkyl halides is 3. The molecule has 0 amide bonds. The Kier molecular flexibility index (Phi) is 6.01. The Hall–Kier alpha value is -1.34. The van der Waals surface area contributed by atoms with Crippen LogP contribution in [0.3, 0.4) is 0 Å². The summed E-state index contributed by atoms with van der Waals surface area (Å²) in [5.41, 5.74) is 0.173. The van der Waals surface area contributed by atoms with E-state index in [1.165, 1.54) is 29.9 Å². The van der Waals surface area contributed by atoms with Crippen molar-refractivity contribution >= 4 is 44.6 Å². The lowest BCUT2D eigenvalue weighted by Crippen LogP contribution is -2.33. The Labute approximate surface area is 166 Å². The van der Waals surface area contributed by atoms with Gasteiger partial charge < -0.3 is 10.0 Å². The highest BCUT2D eigenvalue weighted by Crippen LogP contribution is 2.39. The zero-order chi connectivity index (χ0) is 18.3. The molecule has 0 spiro atoms. The maximum atomic E-state index is 13.1. The van der Waals surface area contributed by atoms with E-state index in [9.17, 15) is 18.3 Å². The van der Waals surface area contributed by atoms with E-state index in [0.717, 1.165) is 53.0 Å². The van der Waals surface area contributed by atoms with E-state index in [1.54, 1.807) is 0 Å². The minimum atomic E-state index is -4.36. The third-order valence-corrected chi connectivity index (χ3v) is 6.11. The number of likely N-dealkylation sites (tertiary alicyclic amines) is 1. The molecule has 4 rings (SSSR count). The third kappa shape index (κ3) is 4.09. The number of aliphatic hydroxyl groups excluding tert-OH is 1. The molecule has 1 unspecified atom stereocenters. The van der Waals surface area contributed by atoms with Crippen molar-refractivity contribution in [1.82, 2.24) is 4.90 Å². The van der Waals surface area contributed by atoms with E-state index in [4.69, 9.17) is 0 Å². The van der Waals surface area contributed by atoms with Gasteiger partial charge in [-0.2, -0.15) is 13.2 Å². The summed E-state index contributed by atoms with van der Waals surface area (Å²) in [4.78, 5) is 2.27. The van der Waals surface area contributed by atoms with Gasteiger partial charge in [-0.25, -0.2) is 0 Å². The van der Waals surface area contributed by atoms with Crippen molar-refractivity contribution in [3.8, 4) is 0 Å². The van der Waals surface area contributed by atoms with Crippen LogP contribution in [0.4, 0.5) is 13.2 Å². The number of fused-ring (bicyclic) bond motifs is 3. The van der Waals surface area contributed by atoms with Gasteiger partial charge in [-0.15, -0.1) is 23.7 Å². The fourth-order valence-corrected chi connectivity index (χ4v) is 4.78. The van der Waals surface area contributed by atoms with Crippen molar-refractivity contribution < 1.29 is 18.3 Å². The van der Waals surface area contributed by atoms with Gasteiger partial charge in [-0.05, 0) is 66.3 Å². The maximum absolute atomic E-state index is 13.1. The van der Waals surface area contributed by atoms with Crippen LogP contribution >= 0.6 is 23.7 Å². The first-order valence-electron chi connectivity index (χ1n) is 8.85. The molecule has 0 bridgehead atoms. The van der Waals surface area contributed by atoms with Crippen LogP contribution in [0.15, 0.2) is 35.7 Å². The number of benzene rings is 2. The highest BCUT2D eigenvalue weighted by molar-refractivity contribution is 7.17. The van der Waals surface area contributed by atoms with Crippen LogP contribution in [0.2, 0.25) is 0 Å². The lowest BCUT2D eigenvalue weighted by Gasteiger charge is -2.28. The molecule has 2 nitrogen and oxygen atoms in total. The molecule has 1 saturated heterocycles. The molecule has 0 radical (unpaired) electrons. The fourth-order valence-electron chi connectivity index (χ4n) is 3.80. The highest BCUT2D eigenvalue weighted by Gasteiger charge is 2.31. The summed E-state index contributed by atoms with van der Waals surface area (Å²) in [6.45, 7) is 2.56. The van der Waals surface area contributed by atoms with Crippen LogP contribution in [0, 0.1) is 0 Å². The van der Waals surface area contributed by atoms with Crippen molar-refractivity contribution in [2.24, 2.45) is 0 Å². The molecule has 1 N–H and O–H groups in total. The average Bonchev–Trinajstić information content (AvgIpc) is 3.10. The molecule has 27 heavy (non-hydrogen) atoms. The van der Waals surface area contributed by atoms with Crippen LogP contribution in [-0.4, -0.2) is 29.6 Å². The predicted molar refractivity (Wildman–Crippen MR) is 107 cm³/mol. The van der Waals surface area contributed by atoms with E-state index in [2.05, 4.69) is 4.90 Å². The zero-order valence-corrected chi connectivity index (χ0v) is 16.3. The summed E-state index contributed by atoms with van der Waals surface area (Å²) >= 11 is 1.47. The monoisotopic (exact) mass is 415 g/mol. The Morgan fingerprint density at radius 1 is 1.04 bits per heavy atom. The van der Waals surface area contributed by atoms with Gasteiger partial charge in [0.25, 0.3) is 0 Å². The van der Waals surface area contributed by atoms with Gasteiger partial charge >= 0.3 is 6.18 Å². The Bertz CT molecular complexity index is 934. The smallest absolute Gasteiger partial charge is 0.387 e. The van der Waals surface area contributed by atoms with Crippen molar-refractivity contribution in [3.63, 3.8) is 0 Å². The first-order valence-corrected chi connectivity index (χ1v) is 9.73. The predicted octanol–water partition coefficient (Wildman–Crippen LogP) is 6.01. The highest BCUT2D eigenvalue weighted by atomic mass is 35.5. The molecule has 3 aromatic rings. The van der Waals surface area contributed by atoms with E-state index in [0.29, 0.717) is 11.9 Å². The van der Waals surface area contributed by atoms with Gasteiger partial charge in [0, 0.05) is 22.2 Å². The van der Waals surface area contributed by atoms with Gasteiger partial charge in [0.1, 0.15) is 0 Å². The van der Waals surface area contributed by atoms with Crippen molar-refractivity contribution in [2.75, 3.05) is 19.6 Å². The summed E-state index contributed by atoms with van der Waals surface area (Å²) in [6, 6.07) is 7.53. The van der Waals surface area contributed by atoms with Gasteiger partial charge in [0.15, 0.2) is 0 Å². The molecule has 146 valence electrons. The number of β-amino-alcohol motifs (C(OH)–C–C–N with tert-alkyl or cyclic N) is 1. The number of hydrogen-bond acceptors (Lipinski definition) is 3. The van der Waals surface area contributed by atoms with Crippen molar-refractivity contribution in [1.29, 1.82) is 0 Å². The van der Waals surface area contributed by atoms with Crippen LogP contribution in [0.1, 0.15) is 36.5 Å². The molecule has 2 aromatic carbocycles. The molecule has 1 aliphatic rings. The molecular weight excluding hydrogens is 395 g/mol. The lowest BCUT2D eigenvalue weighted by molar-refractivity contribution is -0.137. The number of aliphatic hydroxyl groups is 1. The summed E-state index contributed by atoms with van der Waals surface area (Å²) in [5, 5.41) is 14.8. The van der Waals surface area contributed by atoms with Crippen LogP contribution in [-0.2, 0) is 6.18 Å². The maximum Gasteiger partial charge on any atom is 0.416 e. The Morgan fingerprint density at radius 2 is 1.78 bits per heavy atom. The van der Waals surface area contributed by atoms with Crippen molar-refractivity contribution in [2.45, 2.75) is 31.5 Å². The average molecular weight is 416 g/mol. The molecule has 0 saturated carbocycles. The lowest BCUT2D eigenvalue weighted by atomic mass is 9.97. The van der Waals surface area contributed by atoms with E-state index in [1.807, 2.05) is 17.5 Å². The number of hydrogen-bond donors (Lipinski definition) is 1. The number of nitrogens with zero attached hydrogens (tertiary/aromatic N) is 1. The first kappa shape index (κ1) is 20.4. The molecule has 7 heteroatoms. The topological polar surface area (TPSA) is 23.5 Å². The Morgan fingerprint density at radius 3 is 2.48 bits per heavy atom. The number of piperidine rings is 1. The summed E-state index contributed by atoms with van der Waals surface area (Å²) in [6.07, 6.45) is -1.46. The second-order valence-corrected chi connectivity index (χ2v) is 7.86. The van der Waals surface area contributed by atoms with Gasteiger partial charge in [-0.3, -0.25) is 0 Å². The molecule has 0 aliphatic carbocycles. The molecule has 1 aliphatic heterocycles. The summed E-state index contributed by atoms with van der Waals surface area (Å²) in [5.74, 6) is 0. The van der Waals surface area contributed by atoms with Crippen LogP contribution in [0.5, 0.6) is 0 Å². The Balaban J connectivity index is 0.00000210.